The zero-order valence-electron chi connectivity index (χ0n) is 24.1. The highest BCUT2D eigenvalue weighted by atomic mass is 35.5. The van der Waals surface area contributed by atoms with E-state index in [1.807, 2.05) is 11.3 Å². The molecular weight excluding hydrogens is 563 g/mol. The minimum Gasteiger partial charge on any atom is -0.205 e. The van der Waals surface area contributed by atoms with E-state index < -0.39 is 11.6 Å². The SMILES string of the molecule is Cc1ccc(C)c(Cl)c1F.Cc1ccc(C)c(Cl)c1F.Cc1ccc(C)c(F)c1F.Cc1sc(C)c(C)c1C. The van der Waals surface area contributed by atoms with Crippen LogP contribution in [-0.2, 0) is 0 Å². The van der Waals surface area contributed by atoms with Gasteiger partial charge in [0.1, 0.15) is 11.6 Å². The number of aryl methyl sites for hydroxylation is 8. The van der Waals surface area contributed by atoms with Crippen molar-refractivity contribution in [3.63, 3.8) is 0 Å². The number of hydrogen-bond donors (Lipinski definition) is 0. The summed E-state index contributed by atoms with van der Waals surface area (Å²) in [5.74, 6) is -2.08. The van der Waals surface area contributed by atoms with Crippen molar-refractivity contribution in [2.45, 2.75) is 69.2 Å². The Hall–Kier alpha value is -2.34. The summed E-state index contributed by atoms with van der Waals surface area (Å²) >= 11 is 13.1. The van der Waals surface area contributed by atoms with Crippen LogP contribution in [0.4, 0.5) is 17.6 Å². The smallest absolute Gasteiger partial charge is 0.161 e. The fourth-order valence-corrected chi connectivity index (χ4v) is 4.63. The van der Waals surface area contributed by atoms with Gasteiger partial charge < -0.3 is 0 Å². The van der Waals surface area contributed by atoms with E-state index in [0.29, 0.717) is 22.3 Å². The molecular formula is C32H36Cl2F4S. The summed E-state index contributed by atoms with van der Waals surface area (Å²) < 4.78 is 51.0. The summed E-state index contributed by atoms with van der Waals surface area (Å²) in [5, 5.41) is 0.472. The van der Waals surface area contributed by atoms with Crippen LogP contribution in [-0.4, -0.2) is 0 Å². The molecule has 0 saturated carbocycles. The molecule has 0 amide bonds. The predicted octanol–water partition coefficient (Wildman–Crippen LogP) is 11.8. The highest BCUT2D eigenvalue weighted by molar-refractivity contribution is 7.12. The molecule has 0 spiro atoms. The molecule has 1 heterocycles. The normalized spacial score (nSPS) is 10.1. The van der Waals surface area contributed by atoms with Gasteiger partial charge in [-0.3, -0.25) is 0 Å². The second-order valence-electron chi connectivity index (χ2n) is 9.45. The largest absolute Gasteiger partial charge is 0.205 e. The van der Waals surface area contributed by atoms with Gasteiger partial charge in [-0.15, -0.1) is 11.3 Å². The predicted molar refractivity (Wildman–Crippen MR) is 161 cm³/mol. The molecule has 3 aromatic carbocycles. The second kappa shape index (κ2) is 15.4. The van der Waals surface area contributed by atoms with Gasteiger partial charge in [-0.25, -0.2) is 17.6 Å². The zero-order chi connectivity index (χ0) is 30.2. The Balaban J connectivity index is 0.000000260. The average molecular weight is 600 g/mol. The van der Waals surface area contributed by atoms with Crippen LogP contribution < -0.4 is 0 Å². The quantitative estimate of drug-likeness (QED) is 0.176. The third kappa shape index (κ3) is 9.66. The van der Waals surface area contributed by atoms with Crippen LogP contribution in [0.25, 0.3) is 0 Å². The Morgan fingerprint density at radius 1 is 0.410 bits per heavy atom. The van der Waals surface area contributed by atoms with Gasteiger partial charge in [0.05, 0.1) is 10.0 Å². The summed E-state index contributed by atoms with van der Waals surface area (Å²) in [5.41, 5.74) is 6.39. The van der Waals surface area contributed by atoms with Gasteiger partial charge in [-0.05, 0) is 114 Å². The Kier molecular flexibility index (Phi) is 13.7. The Morgan fingerprint density at radius 3 is 0.846 bits per heavy atom. The first kappa shape index (κ1) is 34.7. The lowest BCUT2D eigenvalue weighted by molar-refractivity contribution is 0.497. The van der Waals surface area contributed by atoms with Crippen LogP contribution in [0.2, 0.25) is 10.0 Å². The Bertz CT molecular complexity index is 1190. The first-order valence-corrected chi connectivity index (χ1v) is 13.8. The van der Waals surface area contributed by atoms with E-state index in [1.54, 1.807) is 64.1 Å². The van der Waals surface area contributed by atoms with Gasteiger partial charge in [-0.2, -0.15) is 0 Å². The molecule has 39 heavy (non-hydrogen) atoms. The molecule has 4 aromatic rings. The molecule has 0 bridgehead atoms. The molecule has 4 rings (SSSR count). The molecule has 1 aromatic heterocycles. The maximum atomic E-state index is 12.9. The van der Waals surface area contributed by atoms with E-state index in [9.17, 15) is 17.6 Å². The monoisotopic (exact) mass is 598 g/mol. The molecule has 0 saturated heterocycles. The number of benzene rings is 3. The molecule has 7 heteroatoms. The van der Waals surface area contributed by atoms with Gasteiger partial charge in [0.15, 0.2) is 11.6 Å². The molecule has 0 unspecified atom stereocenters. The fourth-order valence-electron chi connectivity index (χ4n) is 3.14. The van der Waals surface area contributed by atoms with Crippen LogP contribution in [0.1, 0.15) is 54.3 Å². The third-order valence-corrected chi connectivity index (χ3v) is 8.48. The Labute approximate surface area is 244 Å². The van der Waals surface area contributed by atoms with Crippen LogP contribution in [0.3, 0.4) is 0 Å². The van der Waals surface area contributed by atoms with Crippen LogP contribution in [0, 0.1) is 92.5 Å². The lowest BCUT2D eigenvalue weighted by atomic mass is 10.1. The maximum Gasteiger partial charge on any atom is 0.161 e. The number of hydrogen-bond acceptors (Lipinski definition) is 1. The summed E-state index contributed by atoms with van der Waals surface area (Å²) in [6.45, 7) is 18.8. The summed E-state index contributed by atoms with van der Waals surface area (Å²) in [6.07, 6.45) is 0. The van der Waals surface area contributed by atoms with Crippen molar-refractivity contribution < 1.29 is 17.6 Å². The Morgan fingerprint density at radius 2 is 0.641 bits per heavy atom. The molecule has 0 nitrogen and oxygen atoms in total. The van der Waals surface area contributed by atoms with Gasteiger partial charge in [-0.1, -0.05) is 59.6 Å². The van der Waals surface area contributed by atoms with E-state index in [0.717, 1.165) is 11.1 Å². The minimum absolute atomic E-state index is 0.236. The van der Waals surface area contributed by atoms with E-state index in [2.05, 4.69) is 27.7 Å². The fraction of sp³-hybridized carbons (Fsp3) is 0.312. The number of thiophene rings is 1. The van der Waals surface area contributed by atoms with Crippen molar-refractivity contribution in [3.8, 4) is 0 Å². The van der Waals surface area contributed by atoms with Crippen LogP contribution in [0.5, 0.6) is 0 Å². The maximum absolute atomic E-state index is 12.9. The van der Waals surface area contributed by atoms with Crippen LogP contribution in [0.15, 0.2) is 36.4 Å². The third-order valence-electron chi connectivity index (χ3n) is 6.33. The van der Waals surface area contributed by atoms with Crippen molar-refractivity contribution in [1.82, 2.24) is 0 Å². The van der Waals surface area contributed by atoms with Crippen molar-refractivity contribution in [1.29, 1.82) is 0 Å². The van der Waals surface area contributed by atoms with E-state index in [1.165, 1.54) is 34.7 Å². The highest BCUT2D eigenvalue weighted by Gasteiger charge is 2.07. The molecule has 0 N–H and O–H groups in total. The summed E-state index contributed by atoms with van der Waals surface area (Å²) in [7, 11) is 0. The van der Waals surface area contributed by atoms with Gasteiger partial charge in [0.2, 0.25) is 0 Å². The zero-order valence-corrected chi connectivity index (χ0v) is 26.5. The van der Waals surface area contributed by atoms with Gasteiger partial charge in [0, 0.05) is 9.75 Å². The van der Waals surface area contributed by atoms with Crippen LogP contribution >= 0.6 is 34.5 Å². The van der Waals surface area contributed by atoms with Crippen molar-refractivity contribution in [2.75, 3.05) is 0 Å². The molecule has 0 aliphatic rings. The molecule has 0 atom stereocenters. The lowest BCUT2D eigenvalue weighted by Crippen LogP contribution is -1.91. The summed E-state index contributed by atoms with van der Waals surface area (Å²) in [6, 6.07) is 10.2. The van der Waals surface area contributed by atoms with Crippen molar-refractivity contribution >= 4 is 34.5 Å². The van der Waals surface area contributed by atoms with Gasteiger partial charge in [0.25, 0.3) is 0 Å². The lowest BCUT2D eigenvalue weighted by Gasteiger charge is -2.00. The molecule has 0 fully saturated rings. The van der Waals surface area contributed by atoms with Crippen molar-refractivity contribution in [3.05, 3.63) is 124 Å². The van der Waals surface area contributed by atoms with E-state index in [4.69, 9.17) is 23.2 Å². The first-order chi connectivity index (χ1) is 18.0. The molecule has 0 aliphatic heterocycles. The standard InChI is InChI=1S/2C8H8ClF.C8H8F2.C8H12S/c3*1-5-3-4-6(2)8(10)7(5)9;1-5-6(2)8(4)9-7(5)3/h3*3-4H,1-2H3;1-4H3. The van der Waals surface area contributed by atoms with E-state index in [-0.39, 0.29) is 21.7 Å². The van der Waals surface area contributed by atoms with E-state index >= 15 is 0 Å². The number of rotatable bonds is 0. The minimum atomic E-state index is -0.736. The van der Waals surface area contributed by atoms with Gasteiger partial charge >= 0.3 is 0 Å². The molecule has 212 valence electrons. The van der Waals surface area contributed by atoms with Crippen molar-refractivity contribution in [2.24, 2.45) is 0 Å². The number of halogens is 6. The second-order valence-corrected chi connectivity index (χ2v) is 11.6. The first-order valence-electron chi connectivity index (χ1n) is 12.3. The average Bonchev–Trinajstić information content (AvgIpc) is 3.13. The summed E-state index contributed by atoms with van der Waals surface area (Å²) in [4.78, 5) is 2.93. The highest BCUT2D eigenvalue weighted by Crippen LogP contribution is 2.25. The topological polar surface area (TPSA) is 0 Å². The molecule has 0 radical (unpaired) electrons. The molecule has 0 aliphatic carbocycles.